The number of amides is 1. The summed E-state index contributed by atoms with van der Waals surface area (Å²) in [6.45, 7) is 1.93. The van der Waals surface area contributed by atoms with Gasteiger partial charge in [-0.15, -0.1) is 0 Å². The number of rotatable bonds is 7. The molecule has 4 rings (SSSR count). The molecule has 1 aliphatic rings. The van der Waals surface area contributed by atoms with Gasteiger partial charge in [0.25, 0.3) is 0 Å². The number of benzene rings is 2. The van der Waals surface area contributed by atoms with Gasteiger partial charge in [-0.2, -0.15) is 13.2 Å². The molecular formula is C23H20F3N3O3S. The Hall–Kier alpha value is -3.27. The van der Waals surface area contributed by atoms with E-state index in [0.29, 0.717) is 17.1 Å². The van der Waals surface area contributed by atoms with Crippen LogP contribution in [0, 0.1) is 0 Å². The lowest BCUT2D eigenvalue weighted by Crippen LogP contribution is -2.26. The minimum atomic E-state index is -4.63. The fraction of sp³-hybridized carbons (Fsp3) is 0.261. The Morgan fingerprint density at radius 1 is 1.09 bits per heavy atom. The lowest BCUT2D eigenvalue weighted by atomic mass is 10.1. The second kappa shape index (κ2) is 9.70. The van der Waals surface area contributed by atoms with Crippen LogP contribution in [0.5, 0.6) is 11.5 Å². The van der Waals surface area contributed by atoms with E-state index in [1.54, 1.807) is 18.2 Å². The quantitative estimate of drug-likeness (QED) is 0.372. The molecule has 1 aromatic heterocycles. The van der Waals surface area contributed by atoms with Gasteiger partial charge in [0.05, 0.1) is 11.7 Å². The number of nitrogens with zero attached hydrogens (tertiary/aromatic N) is 2. The number of nitrogens with one attached hydrogen (secondary N) is 1. The van der Waals surface area contributed by atoms with Crippen molar-refractivity contribution in [1.82, 2.24) is 15.3 Å². The van der Waals surface area contributed by atoms with Crippen LogP contribution >= 0.6 is 11.8 Å². The maximum absolute atomic E-state index is 13.4. The van der Waals surface area contributed by atoms with Crippen molar-refractivity contribution in [1.29, 1.82) is 0 Å². The van der Waals surface area contributed by atoms with Crippen LogP contribution in [0.15, 0.2) is 59.8 Å². The maximum Gasteiger partial charge on any atom is 0.433 e. The third-order valence-corrected chi connectivity index (χ3v) is 5.75. The molecule has 0 spiro atoms. The Kier molecular flexibility index (Phi) is 6.73. The molecule has 6 nitrogen and oxygen atoms in total. The molecule has 2 aromatic carbocycles. The summed E-state index contributed by atoms with van der Waals surface area (Å²) in [4.78, 5) is 20.2. The number of fused-ring (bicyclic) bond motifs is 1. The SMILES string of the molecule is C[C@H](NC(=O)CCSc1nc(-c2ccc3c(c2)OCO3)cc(C(F)(F)F)n1)c1ccccc1. The second-order valence-electron chi connectivity index (χ2n) is 7.29. The number of alkyl halides is 3. The highest BCUT2D eigenvalue weighted by molar-refractivity contribution is 7.99. The Bertz CT molecular complexity index is 1140. The van der Waals surface area contributed by atoms with Crippen LogP contribution in [0.1, 0.15) is 30.6 Å². The number of thioether (sulfide) groups is 1. The van der Waals surface area contributed by atoms with Crippen molar-refractivity contribution in [2.45, 2.75) is 30.7 Å². The van der Waals surface area contributed by atoms with Gasteiger partial charge >= 0.3 is 6.18 Å². The molecule has 0 saturated carbocycles. The zero-order valence-corrected chi connectivity index (χ0v) is 18.4. The van der Waals surface area contributed by atoms with Gasteiger partial charge in [0.15, 0.2) is 16.7 Å². The van der Waals surface area contributed by atoms with Crippen molar-refractivity contribution in [3.05, 3.63) is 65.9 Å². The van der Waals surface area contributed by atoms with Gasteiger partial charge in [-0.1, -0.05) is 42.1 Å². The summed E-state index contributed by atoms with van der Waals surface area (Å²) < 4.78 is 50.8. The lowest BCUT2D eigenvalue weighted by molar-refractivity contribution is -0.141. The van der Waals surface area contributed by atoms with Crippen LogP contribution in [-0.2, 0) is 11.0 Å². The molecule has 1 N–H and O–H groups in total. The number of ether oxygens (including phenoxy) is 2. The molecule has 33 heavy (non-hydrogen) atoms. The van der Waals surface area contributed by atoms with E-state index < -0.39 is 11.9 Å². The van der Waals surface area contributed by atoms with E-state index in [4.69, 9.17) is 9.47 Å². The van der Waals surface area contributed by atoms with E-state index in [1.165, 1.54) is 0 Å². The van der Waals surface area contributed by atoms with Gasteiger partial charge in [-0.25, -0.2) is 9.97 Å². The molecule has 0 fully saturated rings. The number of halogens is 3. The Balaban J connectivity index is 1.45. The first-order valence-electron chi connectivity index (χ1n) is 10.1. The molecule has 10 heteroatoms. The molecule has 2 heterocycles. The average Bonchev–Trinajstić information content (AvgIpc) is 3.27. The van der Waals surface area contributed by atoms with Crippen molar-refractivity contribution < 1.29 is 27.4 Å². The standard InChI is InChI=1S/C23H20F3N3O3S/c1-14(15-5-3-2-4-6-15)27-21(30)9-10-33-22-28-17(12-20(29-22)23(24,25)26)16-7-8-18-19(11-16)32-13-31-18/h2-8,11-12,14H,9-10,13H2,1H3,(H,27,30)/t14-/m0/s1. The first-order chi connectivity index (χ1) is 15.8. The fourth-order valence-corrected chi connectivity index (χ4v) is 4.01. The third-order valence-electron chi connectivity index (χ3n) is 4.90. The number of hydrogen-bond acceptors (Lipinski definition) is 6. The summed E-state index contributed by atoms with van der Waals surface area (Å²) in [6.07, 6.45) is -4.52. The van der Waals surface area contributed by atoms with Crippen molar-refractivity contribution >= 4 is 17.7 Å². The number of aromatic nitrogens is 2. The Morgan fingerprint density at radius 2 is 1.85 bits per heavy atom. The molecule has 0 aliphatic carbocycles. The van der Waals surface area contributed by atoms with E-state index in [2.05, 4.69) is 15.3 Å². The predicted molar refractivity (Wildman–Crippen MR) is 117 cm³/mol. The molecule has 172 valence electrons. The predicted octanol–water partition coefficient (Wildman–Crippen LogP) is 5.25. The largest absolute Gasteiger partial charge is 0.454 e. The van der Waals surface area contributed by atoms with Crippen LogP contribution in [0.2, 0.25) is 0 Å². The molecule has 3 aromatic rings. The van der Waals surface area contributed by atoms with Crippen molar-refractivity contribution in [2.24, 2.45) is 0 Å². The topological polar surface area (TPSA) is 73.3 Å². The highest BCUT2D eigenvalue weighted by atomic mass is 32.2. The summed E-state index contributed by atoms with van der Waals surface area (Å²) >= 11 is 0.997. The first kappa shape index (κ1) is 22.9. The van der Waals surface area contributed by atoms with Gasteiger partial charge < -0.3 is 14.8 Å². The fourth-order valence-electron chi connectivity index (χ4n) is 3.21. The molecule has 0 unspecified atom stereocenters. The summed E-state index contributed by atoms with van der Waals surface area (Å²) in [5, 5.41) is 2.83. The van der Waals surface area contributed by atoms with E-state index in [0.717, 1.165) is 23.4 Å². The minimum Gasteiger partial charge on any atom is -0.454 e. The van der Waals surface area contributed by atoms with Crippen LogP contribution in [0.3, 0.4) is 0 Å². The van der Waals surface area contributed by atoms with Crippen molar-refractivity contribution in [3.63, 3.8) is 0 Å². The first-order valence-corrected chi connectivity index (χ1v) is 11.1. The monoisotopic (exact) mass is 475 g/mol. The van der Waals surface area contributed by atoms with Crippen molar-refractivity contribution in [3.8, 4) is 22.8 Å². The zero-order chi connectivity index (χ0) is 23.4. The molecule has 0 bridgehead atoms. The molecule has 1 atom stereocenters. The zero-order valence-electron chi connectivity index (χ0n) is 17.6. The molecular weight excluding hydrogens is 455 g/mol. The highest BCUT2D eigenvalue weighted by Crippen LogP contribution is 2.37. The molecule has 0 radical (unpaired) electrons. The Morgan fingerprint density at radius 3 is 2.61 bits per heavy atom. The Labute approximate surface area is 192 Å². The summed E-state index contributed by atoms with van der Waals surface area (Å²) in [5.41, 5.74) is 0.478. The van der Waals surface area contributed by atoms with Gasteiger partial charge in [-0.05, 0) is 36.8 Å². The van der Waals surface area contributed by atoms with Gasteiger partial charge in [0, 0.05) is 17.7 Å². The second-order valence-corrected chi connectivity index (χ2v) is 8.35. The third kappa shape index (κ3) is 5.75. The molecule has 1 aliphatic heterocycles. The molecule has 1 amide bonds. The lowest BCUT2D eigenvalue weighted by Gasteiger charge is -2.14. The van der Waals surface area contributed by atoms with Gasteiger partial charge in [-0.3, -0.25) is 4.79 Å². The number of carbonyl (C=O) groups excluding carboxylic acids is 1. The van der Waals surface area contributed by atoms with E-state index in [-0.39, 0.29) is 41.8 Å². The smallest absolute Gasteiger partial charge is 0.433 e. The summed E-state index contributed by atoms with van der Waals surface area (Å²) in [5.74, 6) is 0.990. The van der Waals surface area contributed by atoms with Crippen LogP contribution in [0.25, 0.3) is 11.3 Å². The molecule has 0 saturated heterocycles. The van der Waals surface area contributed by atoms with Crippen LogP contribution in [-0.4, -0.2) is 28.4 Å². The highest BCUT2D eigenvalue weighted by Gasteiger charge is 2.34. The number of hydrogen-bond donors (Lipinski definition) is 1. The number of carbonyl (C=O) groups is 1. The summed E-state index contributed by atoms with van der Waals surface area (Å²) in [7, 11) is 0. The van der Waals surface area contributed by atoms with Crippen LogP contribution in [0.4, 0.5) is 13.2 Å². The summed E-state index contributed by atoms with van der Waals surface area (Å²) in [6, 6.07) is 15.0. The van der Waals surface area contributed by atoms with Crippen molar-refractivity contribution in [2.75, 3.05) is 12.5 Å². The normalized spacial score (nSPS) is 13.6. The van der Waals surface area contributed by atoms with Crippen LogP contribution < -0.4 is 14.8 Å². The average molecular weight is 475 g/mol. The van der Waals surface area contributed by atoms with E-state index in [9.17, 15) is 18.0 Å². The van der Waals surface area contributed by atoms with Gasteiger partial charge in [0.2, 0.25) is 12.7 Å². The minimum absolute atomic E-state index is 0.0543. The van der Waals surface area contributed by atoms with Gasteiger partial charge in [0.1, 0.15) is 5.69 Å². The maximum atomic E-state index is 13.4. The van der Waals surface area contributed by atoms with E-state index in [1.807, 2.05) is 37.3 Å². The van der Waals surface area contributed by atoms with E-state index >= 15 is 0 Å².